The summed E-state index contributed by atoms with van der Waals surface area (Å²) in [6, 6.07) is 0. The van der Waals surface area contributed by atoms with Gasteiger partial charge >= 0.3 is 11.9 Å². The molecule has 0 aromatic carbocycles. The van der Waals surface area contributed by atoms with Crippen molar-refractivity contribution in [1.82, 2.24) is 0 Å². The van der Waals surface area contributed by atoms with Crippen LogP contribution in [0, 0.1) is 11.8 Å². The van der Waals surface area contributed by atoms with Gasteiger partial charge in [-0.3, -0.25) is 9.59 Å². The smallest absolute Gasteiger partial charge is 0.305 e. The fourth-order valence-corrected chi connectivity index (χ4v) is 7.34. The van der Waals surface area contributed by atoms with Gasteiger partial charge in [-0.15, -0.1) is 0 Å². The average molecular weight is 751 g/mol. The third-order valence-corrected chi connectivity index (χ3v) is 10.9. The second-order valence-electron chi connectivity index (χ2n) is 17.6. The van der Waals surface area contributed by atoms with Gasteiger partial charge in [0.2, 0.25) is 0 Å². The highest BCUT2D eigenvalue weighted by Crippen LogP contribution is 2.17. The van der Waals surface area contributed by atoms with E-state index in [9.17, 15) is 14.7 Å². The van der Waals surface area contributed by atoms with E-state index in [1.54, 1.807) is 0 Å². The fourth-order valence-electron chi connectivity index (χ4n) is 7.34. The molecule has 0 bridgehead atoms. The van der Waals surface area contributed by atoms with Crippen LogP contribution in [-0.2, 0) is 19.1 Å². The number of aliphatic hydroxyl groups is 1. The summed E-state index contributed by atoms with van der Waals surface area (Å²) in [5.41, 5.74) is 0. The molecule has 0 amide bonds. The van der Waals surface area contributed by atoms with Crippen molar-refractivity contribution >= 4 is 11.9 Å². The largest absolute Gasteiger partial charge is 0.463 e. The molecule has 53 heavy (non-hydrogen) atoms. The molecule has 0 saturated carbocycles. The van der Waals surface area contributed by atoms with Crippen LogP contribution in [0.1, 0.15) is 265 Å². The zero-order valence-corrected chi connectivity index (χ0v) is 36.4. The molecule has 0 rings (SSSR count). The summed E-state index contributed by atoms with van der Waals surface area (Å²) in [4.78, 5) is 24.1. The monoisotopic (exact) mass is 751 g/mol. The minimum Gasteiger partial charge on any atom is -0.463 e. The molecule has 0 aliphatic carbocycles. The molecule has 0 heterocycles. The second-order valence-corrected chi connectivity index (χ2v) is 17.6. The van der Waals surface area contributed by atoms with Gasteiger partial charge in [-0.2, -0.15) is 0 Å². The highest BCUT2D eigenvalue weighted by Gasteiger charge is 2.12. The first-order valence-corrected chi connectivity index (χ1v) is 23.8. The Balaban J connectivity index is 3.35. The van der Waals surface area contributed by atoms with Crippen molar-refractivity contribution < 1.29 is 24.2 Å². The van der Waals surface area contributed by atoms with Gasteiger partial charge in [0.1, 0.15) is 19.3 Å². The number of esters is 2. The summed E-state index contributed by atoms with van der Waals surface area (Å²) in [5, 5.41) is 10.1. The average Bonchev–Trinajstić information content (AvgIpc) is 3.13. The van der Waals surface area contributed by atoms with E-state index < -0.39 is 6.10 Å². The van der Waals surface area contributed by atoms with Gasteiger partial charge in [-0.25, -0.2) is 0 Å². The molecule has 0 fully saturated rings. The normalized spacial score (nSPS) is 12.2. The molecular formula is C48H94O5. The minimum absolute atomic E-state index is 0.108. The van der Waals surface area contributed by atoms with Crippen LogP contribution in [0.2, 0.25) is 0 Å². The van der Waals surface area contributed by atoms with Crippen LogP contribution in [0.15, 0.2) is 0 Å². The third kappa shape index (κ3) is 45.2. The highest BCUT2D eigenvalue weighted by molar-refractivity contribution is 5.69. The number of aliphatic hydroxyl groups excluding tert-OH is 1. The number of rotatable bonds is 43. The van der Waals surface area contributed by atoms with Gasteiger partial charge < -0.3 is 14.6 Å². The van der Waals surface area contributed by atoms with Crippen molar-refractivity contribution in [1.29, 1.82) is 0 Å². The van der Waals surface area contributed by atoms with Crippen molar-refractivity contribution in [2.75, 3.05) is 13.2 Å². The van der Waals surface area contributed by atoms with E-state index in [0.29, 0.717) is 12.8 Å². The molecule has 0 aliphatic heterocycles. The van der Waals surface area contributed by atoms with Gasteiger partial charge in [0.05, 0.1) is 0 Å². The fraction of sp³-hybridized carbons (Fsp3) is 0.958. The predicted octanol–water partition coefficient (Wildman–Crippen LogP) is 15.2. The SMILES string of the molecule is CC(C)CCCCCCCCCCCCCCCCCCCCC(=O)OC[C@H](O)COC(=O)CCCCCCCCCCCCCCCCCC(C)C. The van der Waals surface area contributed by atoms with Crippen molar-refractivity contribution in [2.45, 2.75) is 271 Å². The Hall–Kier alpha value is -1.10. The first kappa shape index (κ1) is 51.9. The van der Waals surface area contributed by atoms with Crippen LogP contribution in [-0.4, -0.2) is 36.4 Å². The van der Waals surface area contributed by atoms with E-state index in [-0.39, 0.29) is 25.2 Å². The van der Waals surface area contributed by atoms with E-state index in [1.807, 2.05) is 0 Å². The zero-order valence-electron chi connectivity index (χ0n) is 36.4. The molecule has 0 spiro atoms. The number of carbonyl (C=O) groups is 2. The topological polar surface area (TPSA) is 72.8 Å². The molecule has 5 heteroatoms. The highest BCUT2D eigenvalue weighted by atomic mass is 16.6. The van der Waals surface area contributed by atoms with Crippen LogP contribution in [0.4, 0.5) is 0 Å². The molecule has 5 nitrogen and oxygen atoms in total. The Morgan fingerprint density at radius 1 is 0.340 bits per heavy atom. The van der Waals surface area contributed by atoms with Crippen LogP contribution in [0.25, 0.3) is 0 Å². The van der Waals surface area contributed by atoms with Gasteiger partial charge in [0.25, 0.3) is 0 Å². The number of ether oxygens (including phenoxy) is 2. The molecule has 0 radical (unpaired) electrons. The van der Waals surface area contributed by atoms with Crippen LogP contribution in [0.5, 0.6) is 0 Å². The number of hydrogen-bond acceptors (Lipinski definition) is 5. The van der Waals surface area contributed by atoms with Crippen LogP contribution < -0.4 is 0 Å². The third-order valence-electron chi connectivity index (χ3n) is 10.9. The lowest BCUT2D eigenvalue weighted by molar-refractivity contribution is -0.152. The molecular weight excluding hydrogens is 657 g/mol. The first-order valence-electron chi connectivity index (χ1n) is 23.8. The van der Waals surface area contributed by atoms with Gasteiger partial charge in [-0.1, -0.05) is 240 Å². The summed E-state index contributed by atoms with van der Waals surface area (Å²) in [7, 11) is 0. The first-order chi connectivity index (χ1) is 25.8. The summed E-state index contributed by atoms with van der Waals surface area (Å²) in [6.07, 6.45) is 46.1. The van der Waals surface area contributed by atoms with Gasteiger partial charge in [0, 0.05) is 12.8 Å². The maximum atomic E-state index is 12.0. The minimum atomic E-state index is -0.957. The standard InChI is InChI=1S/C48H94O5/c1-44(2)38-34-30-26-22-18-14-10-7-5-6-8-12-16-20-24-28-32-36-40-47(50)52-42-46(49)43-53-48(51)41-37-33-29-25-21-17-13-9-11-15-19-23-27-31-35-39-45(3)4/h44-46,49H,5-43H2,1-4H3/t46-/m0/s1. The second kappa shape index (κ2) is 42.1. The van der Waals surface area contributed by atoms with Crippen molar-refractivity contribution in [3.05, 3.63) is 0 Å². The predicted molar refractivity (Wildman–Crippen MR) is 228 cm³/mol. The van der Waals surface area contributed by atoms with Crippen LogP contribution in [0.3, 0.4) is 0 Å². The van der Waals surface area contributed by atoms with E-state index in [4.69, 9.17) is 9.47 Å². The lowest BCUT2D eigenvalue weighted by Crippen LogP contribution is -2.25. The quantitative estimate of drug-likeness (QED) is 0.0496. The molecule has 316 valence electrons. The summed E-state index contributed by atoms with van der Waals surface area (Å²) < 4.78 is 10.4. The lowest BCUT2D eigenvalue weighted by atomic mass is 10.0. The van der Waals surface area contributed by atoms with Crippen LogP contribution >= 0.6 is 0 Å². The molecule has 0 aromatic heterocycles. The summed E-state index contributed by atoms with van der Waals surface area (Å²) in [5.74, 6) is 1.17. The Morgan fingerprint density at radius 3 is 0.736 bits per heavy atom. The van der Waals surface area contributed by atoms with E-state index in [1.165, 1.54) is 199 Å². The van der Waals surface area contributed by atoms with Crippen molar-refractivity contribution in [2.24, 2.45) is 11.8 Å². The van der Waals surface area contributed by atoms with E-state index >= 15 is 0 Å². The van der Waals surface area contributed by atoms with E-state index in [2.05, 4.69) is 27.7 Å². The zero-order chi connectivity index (χ0) is 38.9. The Morgan fingerprint density at radius 2 is 0.528 bits per heavy atom. The molecule has 0 aliphatic rings. The molecule has 1 atom stereocenters. The Labute approximate surface area is 331 Å². The summed E-state index contributed by atoms with van der Waals surface area (Å²) in [6.45, 7) is 9.08. The van der Waals surface area contributed by atoms with Gasteiger partial charge in [-0.05, 0) is 24.7 Å². The molecule has 0 aromatic rings. The van der Waals surface area contributed by atoms with Gasteiger partial charge in [0.15, 0.2) is 0 Å². The maximum absolute atomic E-state index is 12.0. The number of carbonyl (C=O) groups excluding carboxylic acids is 2. The maximum Gasteiger partial charge on any atom is 0.305 e. The number of unbranched alkanes of at least 4 members (excludes halogenated alkanes) is 31. The Bertz CT molecular complexity index is 750. The molecule has 0 saturated heterocycles. The lowest BCUT2D eigenvalue weighted by Gasteiger charge is -2.12. The summed E-state index contributed by atoms with van der Waals surface area (Å²) >= 11 is 0. The molecule has 1 N–H and O–H groups in total. The Kier molecular flexibility index (Phi) is 41.2. The van der Waals surface area contributed by atoms with E-state index in [0.717, 1.165) is 37.5 Å². The molecule has 0 unspecified atom stereocenters. The van der Waals surface area contributed by atoms with Crippen molar-refractivity contribution in [3.63, 3.8) is 0 Å². The van der Waals surface area contributed by atoms with Crippen molar-refractivity contribution in [3.8, 4) is 0 Å². The number of hydrogen-bond donors (Lipinski definition) is 1.